The van der Waals surface area contributed by atoms with Crippen molar-refractivity contribution in [1.82, 2.24) is 0 Å². The monoisotopic (exact) mass is 376 g/mol. The minimum atomic E-state index is -0.928. The third-order valence-corrected chi connectivity index (χ3v) is 5.27. The van der Waals surface area contributed by atoms with Crippen LogP contribution in [0.1, 0.15) is 34.8 Å². The van der Waals surface area contributed by atoms with E-state index in [1.165, 1.54) is 6.07 Å². The maximum atomic E-state index is 13.5. The maximum Gasteiger partial charge on any atom is 0.335 e. The lowest BCUT2D eigenvalue weighted by Gasteiger charge is -2.36. The number of halogens is 1. The topological polar surface area (TPSA) is 46.5 Å². The lowest BCUT2D eigenvalue weighted by atomic mass is 9.86. The van der Waals surface area contributed by atoms with E-state index in [0.29, 0.717) is 6.42 Å². The Labute approximate surface area is 163 Å². The first kappa shape index (κ1) is 18.2. The van der Waals surface area contributed by atoms with E-state index in [1.807, 2.05) is 30.3 Å². The molecule has 0 aliphatic carbocycles. The van der Waals surface area contributed by atoms with Crippen LogP contribution < -0.4 is 4.74 Å². The van der Waals surface area contributed by atoms with Crippen molar-refractivity contribution in [2.75, 3.05) is 0 Å². The van der Waals surface area contributed by atoms with E-state index in [9.17, 15) is 9.18 Å². The van der Waals surface area contributed by atoms with Crippen LogP contribution in [0.3, 0.4) is 0 Å². The molecule has 0 bridgehead atoms. The van der Waals surface area contributed by atoms with Crippen molar-refractivity contribution < 1.29 is 19.0 Å². The van der Waals surface area contributed by atoms with Crippen molar-refractivity contribution in [2.24, 2.45) is 0 Å². The number of rotatable bonds is 4. The predicted molar refractivity (Wildman–Crippen MR) is 106 cm³/mol. The van der Waals surface area contributed by atoms with Crippen LogP contribution in [0.25, 0.3) is 11.1 Å². The van der Waals surface area contributed by atoms with Crippen molar-refractivity contribution in [1.29, 1.82) is 0 Å². The zero-order valence-corrected chi connectivity index (χ0v) is 15.6. The lowest BCUT2D eigenvalue weighted by Crippen LogP contribution is -2.38. The van der Waals surface area contributed by atoms with Crippen molar-refractivity contribution in [3.05, 3.63) is 89.2 Å². The second kappa shape index (κ2) is 7.12. The van der Waals surface area contributed by atoms with Gasteiger partial charge in [-0.1, -0.05) is 30.3 Å². The Bertz CT molecular complexity index is 1030. The highest BCUT2D eigenvalue weighted by molar-refractivity contribution is 5.88. The number of benzene rings is 3. The summed E-state index contributed by atoms with van der Waals surface area (Å²) in [7, 11) is 0. The summed E-state index contributed by atoms with van der Waals surface area (Å²) in [6, 6.07) is 19.6. The van der Waals surface area contributed by atoms with Gasteiger partial charge in [0.1, 0.15) is 17.2 Å². The van der Waals surface area contributed by atoms with Gasteiger partial charge in [0.15, 0.2) is 0 Å². The summed E-state index contributed by atoms with van der Waals surface area (Å²) >= 11 is 0. The quantitative estimate of drug-likeness (QED) is 0.652. The molecule has 0 radical (unpaired) electrons. The molecule has 1 atom stereocenters. The SMILES string of the molecule is C[C@@]1(Cc2cccc(F)c2)CCc2cc(-c3ccc(C(=O)O)cc3)ccc2O1. The molecule has 142 valence electrons. The van der Waals surface area contributed by atoms with E-state index in [0.717, 1.165) is 40.8 Å². The molecule has 4 rings (SSSR count). The predicted octanol–water partition coefficient (Wildman–Crippen LogP) is 5.52. The third kappa shape index (κ3) is 3.77. The van der Waals surface area contributed by atoms with Crippen LogP contribution >= 0.6 is 0 Å². The summed E-state index contributed by atoms with van der Waals surface area (Å²) in [5, 5.41) is 9.04. The molecule has 0 saturated carbocycles. The number of aryl methyl sites for hydroxylation is 1. The van der Waals surface area contributed by atoms with Crippen molar-refractivity contribution in [3.63, 3.8) is 0 Å². The second-order valence-electron chi connectivity index (χ2n) is 7.56. The highest BCUT2D eigenvalue weighted by Gasteiger charge is 2.32. The Morgan fingerprint density at radius 3 is 2.54 bits per heavy atom. The van der Waals surface area contributed by atoms with Crippen LogP contribution in [0.2, 0.25) is 0 Å². The molecule has 1 aliphatic heterocycles. The van der Waals surface area contributed by atoms with E-state index in [1.54, 1.807) is 24.3 Å². The van der Waals surface area contributed by atoms with E-state index >= 15 is 0 Å². The molecule has 4 heteroatoms. The summed E-state index contributed by atoms with van der Waals surface area (Å²) < 4.78 is 19.8. The fraction of sp³-hybridized carbons (Fsp3) is 0.208. The number of carbonyl (C=O) groups is 1. The molecular formula is C24H21FO3. The minimum Gasteiger partial charge on any atom is -0.487 e. The number of hydrogen-bond acceptors (Lipinski definition) is 2. The molecule has 0 saturated heterocycles. The fourth-order valence-electron chi connectivity index (χ4n) is 3.78. The summed E-state index contributed by atoms with van der Waals surface area (Å²) in [6.07, 6.45) is 2.38. The number of ether oxygens (including phenoxy) is 1. The smallest absolute Gasteiger partial charge is 0.335 e. The van der Waals surface area contributed by atoms with Crippen molar-refractivity contribution in [2.45, 2.75) is 31.8 Å². The number of fused-ring (bicyclic) bond motifs is 1. The molecule has 0 aromatic heterocycles. The van der Waals surface area contributed by atoms with Gasteiger partial charge < -0.3 is 9.84 Å². The van der Waals surface area contributed by atoms with E-state index < -0.39 is 5.97 Å². The van der Waals surface area contributed by atoms with E-state index in [-0.39, 0.29) is 17.0 Å². The molecule has 1 N–H and O–H groups in total. The number of carboxylic acids is 1. The minimum absolute atomic E-state index is 0.226. The van der Waals surface area contributed by atoms with Crippen molar-refractivity contribution in [3.8, 4) is 16.9 Å². The van der Waals surface area contributed by atoms with E-state index in [4.69, 9.17) is 9.84 Å². The first-order valence-electron chi connectivity index (χ1n) is 9.32. The standard InChI is InChI=1S/C24H21FO3/c1-24(15-16-3-2-4-21(25)13-16)12-11-20-14-19(9-10-22(20)28-24)17-5-7-18(8-6-17)23(26)27/h2-10,13-14H,11-12,15H2,1H3,(H,26,27)/t24-/m0/s1. The second-order valence-corrected chi connectivity index (χ2v) is 7.56. The molecule has 0 spiro atoms. The lowest BCUT2D eigenvalue weighted by molar-refractivity contribution is 0.0653. The number of carboxylic acid groups (broad SMARTS) is 1. The molecule has 0 amide bonds. The third-order valence-electron chi connectivity index (χ3n) is 5.27. The van der Waals surface area contributed by atoms with Gasteiger partial charge in [-0.15, -0.1) is 0 Å². The molecule has 3 nitrogen and oxygen atoms in total. The van der Waals surface area contributed by atoms with Gasteiger partial charge in [-0.05, 0) is 78.4 Å². The van der Waals surface area contributed by atoms with E-state index in [2.05, 4.69) is 13.0 Å². The normalized spacial score (nSPS) is 18.2. The average molecular weight is 376 g/mol. The molecule has 3 aromatic rings. The fourth-order valence-corrected chi connectivity index (χ4v) is 3.78. The molecule has 0 fully saturated rings. The largest absolute Gasteiger partial charge is 0.487 e. The Kier molecular flexibility index (Phi) is 4.63. The molecule has 1 heterocycles. The zero-order chi connectivity index (χ0) is 19.7. The van der Waals surface area contributed by atoms with Crippen LogP contribution in [0.5, 0.6) is 5.75 Å². The summed E-state index contributed by atoms with van der Waals surface area (Å²) in [5.74, 6) is -0.296. The summed E-state index contributed by atoms with van der Waals surface area (Å²) in [4.78, 5) is 11.0. The molecule has 1 aliphatic rings. The first-order valence-corrected chi connectivity index (χ1v) is 9.32. The van der Waals surface area contributed by atoms with Gasteiger partial charge in [-0.2, -0.15) is 0 Å². The number of hydrogen-bond donors (Lipinski definition) is 1. The van der Waals surface area contributed by atoms with Crippen LogP contribution in [0, 0.1) is 5.82 Å². The zero-order valence-electron chi connectivity index (χ0n) is 15.6. The van der Waals surface area contributed by atoms with Gasteiger partial charge in [0.05, 0.1) is 5.56 Å². The van der Waals surface area contributed by atoms with Crippen LogP contribution in [0.15, 0.2) is 66.7 Å². The van der Waals surface area contributed by atoms with Gasteiger partial charge in [-0.25, -0.2) is 9.18 Å². The highest BCUT2D eigenvalue weighted by atomic mass is 19.1. The summed E-state index contributed by atoms with van der Waals surface area (Å²) in [5.41, 5.74) is 3.98. The maximum absolute atomic E-state index is 13.5. The van der Waals surface area contributed by atoms with Crippen LogP contribution in [-0.2, 0) is 12.8 Å². The first-order chi connectivity index (χ1) is 13.4. The van der Waals surface area contributed by atoms with Gasteiger partial charge in [-0.3, -0.25) is 0 Å². The van der Waals surface area contributed by atoms with Gasteiger partial charge in [0.25, 0.3) is 0 Å². The summed E-state index contributed by atoms with van der Waals surface area (Å²) in [6.45, 7) is 2.07. The average Bonchev–Trinajstić information content (AvgIpc) is 2.67. The van der Waals surface area contributed by atoms with Gasteiger partial charge in [0, 0.05) is 6.42 Å². The van der Waals surface area contributed by atoms with Crippen molar-refractivity contribution >= 4 is 5.97 Å². The van der Waals surface area contributed by atoms with Crippen LogP contribution in [0.4, 0.5) is 4.39 Å². The van der Waals surface area contributed by atoms with Gasteiger partial charge in [0.2, 0.25) is 0 Å². The Morgan fingerprint density at radius 2 is 1.82 bits per heavy atom. The molecule has 3 aromatic carbocycles. The molecular weight excluding hydrogens is 355 g/mol. The Balaban J connectivity index is 1.55. The highest BCUT2D eigenvalue weighted by Crippen LogP contribution is 2.37. The number of aromatic carboxylic acids is 1. The van der Waals surface area contributed by atoms with Gasteiger partial charge >= 0.3 is 5.97 Å². The molecule has 0 unspecified atom stereocenters. The Hall–Kier alpha value is -3.14. The molecule has 28 heavy (non-hydrogen) atoms. The Morgan fingerprint density at radius 1 is 1.07 bits per heavy atom. The van der Waals surface area contributed by atoms with Crippen LogP contribution in [-0.4, -0.2) is 16.7 Å².